The van der Waals surface area contributed by atoms with Crippen molar-refractivity contribution in [3.63, 3.8) is 0 Å². The SMILES string of the molecule is O=C(CN1CCN(C2CCS(=O)(=O)C2)CC1)Nc1ccc(OCc2ccccc2)cc1. The second kappa shape index (κ2) is 9.80. The predicted molar refractivity (Wildman–Crippen MR) is 121 cm³/mol. The highest BCUT2D eigenvalue weighted by molar-refractivity contribution is 7.91. The van der Waals surface area contributed by atoms with E-state index in [2.05, 4.69) is 15.1 Å². The first-order valence-electron chi connectivity index (χ1n) is 10.7. The van der Waals surface area contributed by atoms with Crippen molar-refractivity contribution in [2.75, 3.05) is 49.5 Å². The number of amides is 1. The Balaban J connectivity index is 1.19. The topological polar surface area (TPSA) is 79.0 Å². The number of carbonyl (C=O) groups excluding carboxylic acids is 1. The van der Waals surface area contributed by atoms with Gasteiger partial charge in [-0.1, -0.05) is 30.3 Å². The third-order valence-corrected chi connectivity index (χ3v) is 7.64. The number of hydrogen-bond donors (Lipinski definition) is 1. The molecule has 0 saturated carbocycles. The molecule has 2 saturated heterocycles. The molecule has 2 fully saturated rings. The van der Waals surface area contributed by atoms with Crippen molar-refractivity contribution in [3.8, 4) is 5.75 Å². The van der Waals surface area contributed by atoms with Crippen molar-refractivity contribution >= 4 is 21.4 Å². The summed E-state index contributed by atoms with van der Waals surface area (Å²) < 4.78 is 29.2. The Hall–Kier alpha value is -2.42. The number of sulfone groups is 1. The highest BCUT2D eigenvalue weighted by atomic mass is 32.2. The number of rotatable bonds is 7. The fourth-order valence-corrected chi connectivity index (χ4v) is 5.89. The first-order chi connectivity index (χ1) is 15.0. The molecule has 0 aromatic heterocycles. The predicted octanol–water partition coefficient (Wildman–Crippen LogP) is 2.01. The molecule has 0 radical (unpaired) electrons. The van der Waals surface area contributed by atoms with Crippen LogP contribution in [0.2, 0.25) is 0 Å². The third kappa shape index (κ3) is 6.29. The Kier molecular flexibility index (Phi) is 6.89. The Morgan fingerprint density at radius 3 is 2.35 bits per heavy atom. The average molecular weight is 444 g/mol. The zero-order valence-corrected chi connectivity index (χ0v) is 18.4. The van der Waals surface area contributed by atoms with E-state index in [1.807, 2.05) is 54.6 Å². The fraction of sp³-hybridized carbons (Fsp3) is 0.435. The maximum Gasteiger partial charge on any atom is 0.238 e. The van der Waals surface area contributed by atoms with Crippen LogP contribution in [0.25, 0.3) is 0 Å². The van der Waals surface area contributed by atoms with Crippen molar-refractivity contribution in [2.24, 2.45) is 0 Å². The summed E-state index contributed by atoms with van der Waals surface area (Å²) in [5.74, 6) is 1.29. The van der Waals surface area contributed by atoms with Gasteiger partial charge in [-0.15, -0.1) is 0 Å². The molecule has 2 aromatic rings. The summed E-state index contributed by atoms with van der Waals surface area (Å²) in [6.07, 6.45) is 0.730. The molecule has 0 aliphatic carbocycles. The summed E-state index contributed by atoms with van der Waals surface area (Å²) in [5, 5.41) is 2.94. The number of anilines is 1. The molecular weight excluding hydrogens is 414 g/mol. The Labute approximate surface area is 183 Å². The van der Waals surface area contributed by atoms with Gasteiger partial charge < -0.3 is 10.1 Å². The highest BCUT2D eigenvalue weighted by Crippen LogP contribution is 2.20. The number of benzene rings is 2. The standard InChI is InChI=1S/C23H29N3O4S/c27-23(16-25-11-13-26(14-12-25)21-10-15-31(28,29)18-21)24-20-6-8-22(9-7-20)30-17-19-4-2-1-3-5-19/h1-9,21H,10-18H2,(H,24,27). The van der Waals surface area contributed by atoms with E-state index < -0.39 is 9.84 Å². The van der Waals surface area contributed by atoms with E-state index in [4.69, 9.17) is 4.74 Å². The van der Waals surface area contributed by atoms with E-state index >= 15 is 0 Å². The van der Waals surface area contributed by atoms with Gasteiger partial charge >= 0.3 is 0 Å². The van der Waals surface area contributed by atoms with Gasteiger partial charge in [-0.05, 0) is 36.2 Å². The number of nitrogens with zero attached hydrogens (tertiary/aromatic N) is 2. The van der Waals surface area contributed by atoms with Crippen LogP contribution in [0.1, 0.15) is 12.0 Å². The van der Waals surface area contributed by atoms with E-state index in [0.717, 1.165) is 49.6 Å². The van der Waals surface area contributed by atoms with Gasteiger partial charge in [0.25, 0.3) is 0 Å². The highest BCUT2D eigenvalue weighted by Gasteiger charge is 2.33. The number of carbonyl (C=O) groups is 1. The van der Waals surface area contributed by atoms with Crippen LogP contribution < -0.4 is 10.1 Å². The smallest absolute Gasteiger partial charge is 0.238 e. The first-order valence-corrected chi connectivity index (χ1v) is 12.5. The third-order valence-electron chi connectivity index (χ3n) is 5.89. The lowest BCUT2D eigenvalue weighted by Crippen LogP contribution is -2.52. The minimum Gasteiger partial charge on any atom is -0.489 e. The monoisotopic (exact) mass is 443 g/mol. The molecule has 2 aliphatic rings. The van der Waals surface area contributed by atoms with Crippen LogP contribution in [0.15, 0.2) is 54.6 Å². The second-order valence-corrected chi connectivity index (χ2v) is 10.4. The number of piperazine rings is 1. The van der Waals surface area contributed by atoms with E-state index in [1.165, 1.54) is 0 Å². The van der Waals surface area contributed by atoms with Crippen LogP contribution in [0.4, 0.5) is 5.69 Å². The van der Waals surface area contributed by atoms with Crippen LogP contribution in [0.3, 0.4) is 0 Å². The summed E-state index contributed by atoms with van der Waals surface area (Å²) >= 11 is 0. The molecule has 8 heteroatoms. The first kappa shape index (κ1) is 21.8. The van der Waals surface area contributed by atoms with Gasteiger partial charge in [0.15, 0.2) is 9.84 Å². The van der Waals surface area contributed by atoms with Gasteiger partial charge in [-0.3, -0.25) is 14.6 Å². The molecule has 1 unspecified atom stereocenters. The lowest BCUT2D eigenvalue weighted by atomic mass is 10.2. The molecule has 2 aliphatic heterocycles. The van der Waals surface area contributed by atoms with Crippen molar-refractivity contribution < 1.29 is 17.9 Å². The largest absolute Gasteiger partial charge is 0.489 e. The molecule has 1 atom stereocenters. The van der Waals surface area contributed by atoms with Crippen LogP contribution in [0.5, 0.6) is 5.75 Å². The molecule has 2 heterocycles. The Bertz CT molecular complexity index is 972. The molecular formula is C23H29N3O4S. The molecule has 1 N–H and O–H groups in total. The molecule has 2 aromatic carbocycles. The Morgan fingerprint density at radius 1 is 1.00 bits per heavy atom. The average Bonchev–Trinajstić information content (AvgIpc) is 3.14. The summed E-state index contributed by atoms with van der Waals surface area (Å²) in [6.45, 7) is 4.00. The fourth-order valence-electron chi connectivity index (χ4n) is 4.13. The zero-order chi connectivity index (χ0) is 21.7. The Morgan fingerprint density at radius 2 is 1.71 bits per heavy atom. The van der Waals surface area contributed by atoms with Crippen LogP contribution in [-0.2, 0) is 21.2 Å². The minimum atomic E-state index is -2.86. The molecule has 4 rings (SSSR count). The van der Waals surface area contributed by atoms with Gasteiger partial charge in [-0.25, -0.2) is 8.42 Å². The molecule has 0 spiro atoms. The quantitative estimate of drug-likeness (QED) is 0.705. The van der Waals surface area contributed by atoms with Gasteiger partial charge in [0.1, 0.15) is 12.4 Å². The molecule has 1 amide bonds. The molecule has 166 valence electrons. The maximum atomic E-state index is 12.4. The summed E-state index contributed by atoms with van der Waals surface area (Å²) in [5.41, 5.74) is 1.85. The summed E-state index contributed by atoms with van der Waals surface area (Å²) in [4.78, 5) is 16.8. The lowest BCUT2D eigenvalue weighted by Gasteiger charge is -2.37. The maximum absolute atomic E-state index is 12.4. The normalized spacial score (nSPS) is 21.6. The van der Waals surface area contributed by atoms with E-state index in [9.17, 15) is 13.2 Å². The van der Waals surface area contributed by atoms with E-state index in [0.29, 0.717) is 18.9 Å². The van der Waals surface area contributed by atoms with Gasteiger partial charge in [0, 0.05) is 37.9 Å². The second-order valence-electron chi connectivity index (χ2n) is 8.22. The number of hydrogen-bond acceptors (Lipinski definition) is 6. The lowest BCUT2D eigenvalue weighted by molar-refractivity contribution is -0.117. The van der Waals surface area contributed by atoms with Crippen LogP contribution in [-0.4, -0.2) is 74.4 Å². The van der Waals surface area contributed by atoms with Gasteiger partial charge in [0.2, 0.25) is 5.91 Å². The number of ether oxygens (including phenoxy) is 1. The van der Waals surface area contributed by atoms with E-state index in [-0.39, 0.29) is 17.7 Å². The van der Waals surface area contributed by atoms with Crippen molar-refractivity contribution in [1.82, 2.24) is 9.80 Å². The van der Waals surface area contributed by atoms with Crippen molar-refractivity contribution in [3.05, 3.63) is 60.2 Å². The molecule has 0 bridgehead atoms. The summed E-state index contributed by atoms with van der Waals surface area (Å²) in [7, 11) is -2.86. The number of nitrogens with one attached hydrogen (secondary N) is 1. The van der Waals surface area contributed by atoms with Crippen molar-refractivity contribution in [2.45, 2.75) is 19.1 Å². The van der Waals surface area contributed by atoms with Gasteiger partial charge in [0.05, 0.1) is 18.1 Å². The minimum absolute atomic E-state index is 0.0464. The van der Waals surface area contributed by atoms with Gasteiger partial charge in [-0.2, -0.15) is 0 Å². The van der Waals surface area contributed by atoms with Crippen LogP contribution >= 0.6 is 0 Å². The molecule has 7 nitrogen and oxygen atoms in total. The van der Waals surface area contributed by atoms with Crippen molar-refractivity contribution in [1.29, 1.82) is 0 Å². The van der Waals surface area contributed by atoms with E-state index in [1.54, 1.807) is 0 Å². The van der Waals surface area contributed by atoms with Crippen LogP contribution in [0, 0.1) is 0 Å². The molecule has 31 heavy (non-hydrogen) atoms. The zero-order valence-electron chi connectivity index (χ0n) is 17.6. The summed E-state index contributed by atoms with van der Waals surface area (Å²) in [6, 6.07) is 17.5.